The molecule has 1 N–H and O–H groups in total. The van der Waals surface area contributed by atoms with E-state index in [1.54, 1.807) is 0 Å². The molecule has 1 amide bonds. The molecule has 118 valence electrons. The van der Waals surface area contributed by atoms with Crippen LogP contribution in [0.2, 0.25) is 0 Å². The van der Waals surface area contributed by atoms with Crippen molar-refractivity contribution in [2.45, 2.75) is 6.54 Å². The summed E-state index contributed by atoms with van der Waals surface area (Å²) in [5.74, 6) is -0.00434. The van der Waals surface area contributed by atoms with E-state index in [1.165, 1.54) is 5.56 Å². The molecule has 3 nitrogen and oxygen atoms in total. The average molecular weight is 319 g/mol. The molecule has 0 saturated carbocycles. The molecule has 4 heteroatoms. The summed E-state index contributed by atoms with van der Waals surface area (Å²) in [6.45, 7) is 2.53. The molecule has 2 aromatic carbocycles. The van der Waals surface area contributed by atoms with Crippen molar-refractivity contribution in [3.63, 3.8) is 0 Å². The van der Waals surface area contributed by atoms with E-state index in [1.807, 2.05) is 36.4 Å². The molecule has 0 aliphatic heterocycles. The van der Waals surface area contributed by atoms with Crippen LogP contribution in [0.25, 0.3) is 0 Å². The van der Waals surface area contributed by atoms with E-state index in [4.69, 9.17) is 0 Å². The normalized spacial score (nSPS) is 10.6. The fraction of sp³-hybridized carbons (Fsp3) is 0.278. The number of nitrogens with zero attached hydrogens (tertiary/aromatic N) is 1. The zero-order chi connectivity index (χ0) is 15.1. The predicted octanol–water partition coefficient (Wildman–Crippen LogP) is -0.303. The van der Waals surface area contributed by atoms with Gasteiger partial charge in [-0.25, -0.2) is 0 Å². The predicted molar refractivity (Wildman–Crippen MR) is 85.9 cm³/mol. The molecule has 0 heterocycles. The summed E-state index contributed by atoms with van der Waals surface area (Å²) in [5.41, 5.74) is 2.03. The Morgan fingerprint density at radius 1 is 0.955 bits per heavy atom. The van der Waals surface area contributed by atoms with E-state index in [0.29, 0.717) is 12.1 Å². The van der Waals surface area contributed by atoms with Crippen molar-refractivity contribution in [2.24, 2.45) is 0 Å². The molecule has 0 atom stereocenters. The van der Waals surface area contributed by atoms with Crippen molar-refractivity contribution in [3.8, 4) is 0 Å². The van der Waals surface area contributed by atoms with Crippen molar-refractivity contribution in [2.75, 3.05) is 27.2 Å². The molecule has 0 bridgehead atoms. The second-order valence-corrected chi connectivity index (χ2v) is 5.92. The van der Waals surface area contributed by atoms with Crippen LogP contribution >= 0.6 is 0 Å². The van der Waals surface area contributed by atoms with Crippen LogP contribution in [0.15, 0.2) is 60.7 Å². The number of carbonyl (C=O) groups is 1. The maximum Gasteiger partial charge on any atom is 0.251 e. The number of hydrogen-bond donors (Lipinski definition) is 1. The Bertz CT molecular complexity index is 570. The first kappa shape index (κ1) is 18.2. The van der Waals surface area contributed by atoms with Gasteiger partial charge in [0.05, 0.1) is 27.2 Å². The van der Waals surface area contributed by atoms with E-state index in [-0.39, 0.29) is 18.3 Å². The first-order valence-electron chi connectivity index (χ1n) is 7.26. The third-order valence-electron chi connectivity index (χ3n) is 3.49. The highest BCUT2D eigenvalue weighted by Gasteiger charge is 2.16. The van der Waals surface area contributed by atoms with Gasteiger partial charge >= 0.3 is 0 Å². The summed E-state index contributed by atoms with van der Waals surface area (Å²) in [4.78, 5) is 12.0. The maximum atomic E-state index is 12.0. The number of amides is 1. The van der Waals surface area contributed by atoms with Gasteiger partial charge in [0.2, 0.25) is 0 Å². The third-order valence-corrected chi connectivity index (χ3v) is 3.49. The number of benzene rings is 2. The molecule has 0 radical (unpaired) electrons. The highest BCUT2D eigenvalue weighted by atomic mass is 35.5. The Hall–Kier alpha value is -1.84. The second kappa shape index (κ2) is 8.57. The standard InChI is InChI=1S/C18H22N2O.ClH/c1-20(2,15-16-9-5-3-6-10-16)14-13-19-18(21)17-11-7-4-8-12-17;/h3-12H,13-15H2,1-2H3;1H. The minimum Gasteiger partial charge on any atom is -1.00 e. The van der Waals surface area contributed by atoms with Gasteiger partial charge in [0.25, 0.3) is 5.91 Å². The Balaban J connectivity index is 0.00000242. The number of carbonyl (C=O) groups excluding carboxylic acids is 1. The summed E-state index contributed by atoms with van der Waals surface area (Å²) < 4.78 is 0.846. The maximum absolute atomic E-state index is 12.0. The lowest BCUT2D eigenvalue weighted by molar-refractivity contribution is -0.902. The number of halogens is 1. The van der Waals surface area contributed by atoms with Crippen molar-refractivity contribution < 1.29 is 21.7 Å². The van der Waals surface area contributed by atoms with Crippen LogP contribution in [0.4, 0.5) is 0 Å². The molecule has 0 spiro atoms. The van der Waals surface area contributed by atoms with Crippen LogP contribution in [-0.4, -0.2) is 37.6 Å². The Labute approximate surface area is 139 Å². The van der Waals surface area contributed by atoms with Crippen molar-refractivity contribution in [1.82, 2.24) is 5.32 Å². The monoisotopic (exact) mass is 318 g/mol. The molecule has 2 rings (SSSR count). The fourth-order valence-corrected chi connectivity index (χ4v) is 2.32. The van der Waals surface area contributed by atoms with Gasteiger partial charge in [-0.3, -0.25) is 4.79 Å². The molecule has 0 fully saturated rings. The first-order chi connectivity index (χ1) is 10.1. The van der Waals surface area contributed by atoms with Crippen LogP contribution < -0.4 is 17.7 Å². The van der Waals surface area contributed by atoms with Gasteiger partial charge in [-0.15, -0.1) is 0 Å². The summed E-state index contributed by atoms with van der Waals surface area (Å²) in [5, 5.41) is 2.99. The van der Waals surface area contributed by atoms with Crippen LogP contribution in [0, 0.1) is 0 Å². The van der Waals surface area contributed by atoms with Gasteiger partial charge in [-0.2, -0.15) is 0 Å². The summed E-state index contributed by atoms with van der Waals surface area (Å²) in [6.07, 6.45) is 0. The number of likely N-dealkylation sites (N-methyl/N-ethyl adjacent to an activating group) is 1. The van der Waals surface area contributed by atoms with Crippen LogP contribution in [0.3, 0.4) is 0 Å². The van der Waals surface area contributed by atoms with E-state index in [2.05, 4.69) is 43.7 Å². The quantitative estimate of drug-likeness (QED) is 0.728. The third kappa shape index (κ3) is 5.88. The van der Waals surface area contributed by atoms with Crippen LogP contribution in [0.1, 0.15) is 15.9 Å². The summed E-state index contributed by atoms with van der Waals surface area (Å²) in [7, 11) is 4.36. The topological polar surface area (TPSA) is 29.1 Å². The lowest BCUT2D eigenvalue weighted by Crippen LogP contribution is -3.00. The molecular formula is C18H23ClN2O. The van der Waals surface area contributed by atoms with Gasteiger partial charge in [0, 0.05) is 11.1 Å². The van der Waals surface area contributed by atoms with Gasteiger partial charge in [-0.1, -0.05) is 48.5 Å². The summed E-state index contributed by atoms with van der Waals surface area (Å²) >= 11 is 0. The average Bonchev–Trinajstić information content (AvgIpc) is 2.48. The Morgan fingerprint density at radius 3 is 2.09 bits per heavy atom. The Kier molecular flexibility index (Phi) is 7.09. The summed E-state index contributed by atoms with van der Waals surface area (Å²) in [6, 6.07) is 19.8. The zero-order valence-electron chi connectivity index (χ0n) is 13.1. The van der Waals surface area contributed by atoms with E-state index >= 15 is 0 Å². The lowest BCUT2D eigenvalue weighted by Gasteiger charge is -2.30. The van der Waals surface area contributed by atoms with Crippen LogP contribution in [-0.2, 0) is 6.54 Å². The molecule has 22 heavy (non-hydrogen) atoms. The fourth-order valence-electron chi connectivity index (χ4n) is 2.32. The van der Waals surface area contributed by atoms with Gasteiger partial charge < -0.3 is 22.2 Å². The molecule has 0 aliphatic carbocycles. The minimum absolute atomic E-state index is 0. The first-order valence-corrected chi connectivity index (χ1v) is 7.26. The highest BCUT2D eigenvalue weighted by Crippen LogP contribution is 2.08. The zero-order valence-corrected chi connectivity index (χ0v) is 13.9. The molecule has 0 saturated heterocycles. The SMILES string of the molecule is C[N+](C)(CCNC(=O)c1ccccc1)Cc1ccccc1.[Cl-]. The molecule has 0 aromatic heterocycles. The van der Waals surface area contributed by atoms with E-state index in [9.17, 15) is 4.79 Å². The molecule has 0 aliphatic rings. The van der Waals surface area contributed by atoms with Gasteiger partial charge in [0.15, 0.2) is 0 Å². The number of hydrogen-bond acceptors (Lipinski definition) is 1. The van der Waals surface area contributed by atoms with Crippen molar-refractivity contribution >= 4 is 5.91 Å². The number of rotatable bonds is 6. The van der Waals surface area contributed by atoms with Crippen molar-refractivity contribution in [3.05, 3.63) is 71.8 Å². The van der Waals surface area contributed by atoms with Gasteiger partial charge in [0.1, 0.15) is 6.54 Å². The lowest BCUT2D eigenvalue weighted by atomic mass is 10.2. The molecule has 2 aromatic rings. The van der Waals surface area contributed by atoms with Gasteiger partial charge in [-0.05, 0) is 12.1 Å². The van der Waals surface area contributed by atoms with E-state index < -0.39 is 0 Å². The van der Waals surface area contributed by atoms with E-state index in [0.717, 1.165) is 17.6 Å². The number of quaternary nitrogens is 1. The highest BCUT2D eigenvalue weighted by molar-refractivity contribution is 5.94. The van der Waals surface area contributed by atoms with Crippen LogP contribution in [0.5, 0.6) is 0 Å². The minimum atomic E-state index is -0.00434. The largest absolute Gasteiger partial charge is 1.00 e. The number of nitrogens with one attached hydrogen (secondary N) is 1. The molecular weight excluding hydrogens is 296 g/mol. The van der Waals surface area contributed by atoms with Crippen molar-refractivity contribution in [1.29, 1.82) is 0 Å². The smallest absolute Gasteiger partial charge is 0.251 e. The Morgan fingerprint density at radius 2 is 1.50 bits per heavy atom. The molecule has 0 unspecified atom stereocenters. The second-order valence-electron chi connectivity index (χ2n) is 5.92.